The van der Waals surface area contributed by atoms with Gasteiger partial charge in [-0.3, -0.25) is 0 Å². The molecule has 0 bridgehead atoms. The Bertz CT molecular complexity index is 356. The highest BCUT2D eigenvalue weighted by Crippen LogP contribution is 2.32. The first-order chi connectivity index (χ1) is 8.31. The lowest BCUT2D eigenvalue weighted by atomic mass is 9.93. The van der Waals surface area contributed by atoms with E-state index < -0.39 is 0 Å². The summed E-state index contributed by atoms with van der Waals surface area (Å²) < 4.78 is 5.68. The van der Waals surface area contributed by atoms with E-state index >= 15 is 0 Å². The van der Waals surface area contributed by atoms with Crippen LogP contribution in [0.5, 0.6) is 5.75 Å². The van der Waals surface area contributed by atoms with Gasteiger partial charge in [-0.25, -0.2) is 0 Å². The Morgan fingerprint density at radius 2 is 2.29 bits per heavy atom. The third-order valence-electron chi connectivity index (χ3n) is 3.21. The predicted octanol–water partition coefficient (Wildman–Crippen LogP) is 2.89. The Labute approximate surface area is 108 Å². The molecule has 0 fully saturated rings. The number of fused-ring (bicyclic) bond motifs is 1. The van der Waals surface area contributed by atoms with Crippen LogP contribution in [0.2, 0.25) is 0 Å². The van der Waals surface area contributed by atoms with Gasteiger partial charge in [0.2, 0.25) is 0 Å². The van der Waals surface area contributed by atoms with E-state index in [2.05, 4.69) is 36.7 Å². The van der Waals surface area contributed by atoms with Gasteiger partial charge in [-0.15, -0.1) is 0 Å². The Kier molecular flexibility index (Phi) is 4.75. The van der Waals surface area contributed by atoms with Gasteiger partial charge in [0.25, 0.3) is 0 Å². The van der Waals surface area contributed by atoms with Crippen molar-refractivity contribution in [2.45, 2.75) is 25.3 Å². The molecule has 0 saturated heterocycles. The van der Waals surface area contributed by atoms with Crippen molar-refractivity contribution in [2.75, 3.05) is 25.2 Å². The zero-order valence-corrected chi connectivity index (χ0v) is 11.4. The second-order valence-corrected chi connectivity index (χ2v) is 5.55. The van der Waals surface area contributed by atoms with Gasteiger partial charge < -0.3 is 10.1 Å². The fourth-order valence-corrected chi connectivity index (χ4v) is 2.90. The molecule has 1 N–H and O–H groups in total. The molecule has 0 aliphatic carbocycles. The van der Waals surface area contributed by atoms with Crippen molar-refractivity contribution >= 4 is 11.8 Å². The number of benzene rings is 1. The molecule has 0 aromatic heterocycles. The van der Waals surface area contributed by atoms with Gasteiger partial charge in [-0.1, -0.05) is 18.2 Å². The lowest BCUT2D eigenvalue weighted by molar-refractivity contribution is 0.263. The normalized spacial score (nSPS) is 20.5. The number of hydrogen-bond donors (Lipinski definition) is 1. The van der Waals surface area contributed by atoms with Crippen molar-refractivity contribution in [3.63, 3.8) is 0 Å². The lowest BCUT2D eigenvalue weighted by Gasteiger charge is -2.27. The van der Waals surface area contributed by atoms with Crippen LogP contribution in [0.15, 0.2) is 24.3 Å². The van der Waals surface area contributed by atoms with Gasteiger partial charge in [0, 0.05) is 24.3 Å². The van der Waals surface area contributed by atoms with E-state index in [9.17, 15) is 0 Å². The summed E-state index contributed by atoms with van der Waals surface area (Å²) in [6, 6.07) is 9.00. The summed E-state index contributed by atoms with van der Waals surface area (Å²) in [5.41, 5.74) is 1.36. The SMILES string of the molecule is CSCC(C)NCC1CCOc2ccccc21. The minimum Gasteiger partial charge on any atom is -0.493 e. The Morgan fingerprint density at radius 3 is 3.12 bits per heavy atom. The zero-order valence-electron chi connectivity index (χ0n) is 10.6. The van der Waals surface area contributed by atoms with E-state index in [4.69, 9.17) is 4.74 Å². The molecule has 0 saturated carbocycles. The van der Waals surface area contributed by atoms with E-state index in [1.165, 1.54) is 11.3 Å². The number of ether oxygens (including phenoxy) is 1. The highest BCUT2D eigenvalue weighted by Gasteiger charge is 2.20. The molecule has 1 aliphatic heterocycles. The fourth-order valence-electron chi connectivity index (χ4n) is 2.28. The summed E-state index contributed by atoms with van der Waals surface area (Å²) in [4.78, 5) is 0. The first-order valence-electron chi connectivity index (χ1n) is 6.25. The maximum atomic E-state index is 5.68. The molecular weight excluding hydrogens is 230 g/mol. The van der Waals surface area contributed by atoms with Crippen molar-refractivity contribution < 1.29 is 4.74 Å². The molecule has 2 nitrogen and oxygen atoms in total. The van der Waals surface area contributed by atoms with Crippen LogP contribution in [0, 0.1) is 0 Å². The lowest BCUT2D eigenvalue weighted by Crippen LogP contribution is -2.33. The highest BCUT2D eigenvalue weighted by atomic mass is 32.2. The van der Waals surface area contributed by atoms with Crippen molar-refractivity contribution in [2.24, 2.45) is 0 Å². The largest absolute Gasteiger partial charge is 0.493 e. The van der Waals surface area contributed by atoms with E-state index in [0.29, 0.717) is 12.0 Å². The summed E-state index contributed by atoms with van der Waals surface area (Å²) in [6.45, 7) is 4.16. The Balaban J connectivity index is 1.94. The van der Waals surface area contributed by atoms with Crippen LogP contribution in [0.1, 0.15) is 24.8 Å². The maximum Gasteiger partial charge on any atom is 0.122 e. The molecule has 0 amide bonds. The summed E-state index contributed by atoms with van der Waals surface area (Å²) in [6.07, 6.45) is 3.28. The van der Waals surface area contributed by atoms with E-state index in [1.807, 2.05) is 17.8 Å². The number of para-hydroxylation sites is 1. The number of thioether (sulfide) groups is 1. The molecular formula is C14H21NOS. The number of nitrogens with one attached hydrogen (secondary N) is 1. The van der Waals surface area contributed by atoms with Crippen LogP contribution < -0.4 is 10.1 Å². The van der Waals surface area contributed by atoms with Crippen LogP contribution >= 0.6 is 11.8 Å². The van der Waals surface area contributed by atoms with Crippen LogP contribution in [0.3, 0.4) is 0 Å². The smallest absolute Gasteiger partial charge is 0.122 e. The number of hydrogen-bond acceptors (Lipinski definition) is 3. The first-order valence-corrected chi connectivity index (χ1v) is 7.64. The molecule has 2 rings (SSSR count). The molecule has 2 atom stereocenters. The Hall–Kier alpha value is -0.670. The summed E-state index contributed by atoms with van der Waals surface area (Å²) in [7, 11) is 0. The topological polar surface area (TPSA) is 21.3 Å². The van der Waals surface area contributed by atoms with Gasteiger partial charge in [0.15, 0.2) is 0 Å². The van der Waals surface area contributed by atoms with E-state index in [1.54, 1.807) is 0 Å². The minimum atomic E-state index is 0.583. The van der Waals surface area contributed by atoms with Gasteiger partial charge >= 0.3 is 0 Å². The molecule has 94 valence electrons. The second kappa shape index (κ2) is 6.31. The number of rotatable bonds is 5. The maximum absolute atomic E-state index is 5.68. The summed E-state index contributed by atoms with van der Waals surface area (Å²) in [5.74, 6) is 2.84. The minimum absolute atomic E-state index is 0.583. The summed E-state index contributed by atoms with van der Waals surface area (Å²) >= 11 is 1.89. The molecule has 0 radical (unpaired) electrons. The fraction of sp³-hybridized carbons (Fsp3) is 0.571. The average Bonchev–Trinajstić information content (AvgIpc) is 2.36. The van der Waals surface area contributed by atoms with Crippen molar-refractivity contribution in [3.05, 3.63) is 29.8 Å². The quantitative estimate of drug-likeness (QED) is 0.869. The average molecular weight is 251 g/mol. The molecule has 3 heteroatoms. The first kappa shape index (κ1) is 12.8. The van der Waals surface area contributed by atoms with Gasteiger partial charge in [0.1, 0.15) is 5.75 Å². The standard InChI is InChI=1S/C14H21NOS/c1-11(10-17-2)15-9-12-7-8-16-14-6-4-3-5-13(12)14/h3-6,11-12,15H,7-10H2,1-2H3. The van der Waals surface area contributed by atoms with Gasteiger partial charge in [0.05, 0.1) is 6.61 Å². The van der Waals surface area contributed by atoms with Gasteiger partial charge in [-0.05, 0) is 31.2 Å². The molecule has 1 aliphatic rings. The zero-order chi connectivity index (χ0) is 12.1. The molecule has 1 aromatic carbocycles. The third-order valence-corrected chi connectivity index (χ3v) is 4.05. The molecule has 0 spiro atoms. The molecule has 17 heavy (non-hydrogen) atoms. The molecule has 1 heterocycles. The van der Waals surface area contributed by atoms with Crippen LogP contribution in [-0.2, 0) is 0 Å². The summed E-state index contributed by atoms with van der Waals surface area (Å²) in [5, 5.41) is 3.62. The van der Waals surface area contributed by atoms with Gasteiger partial charge in [-0.2, -0.15) is 11.8 Å². The molecule has 2 unspecified atom stereocenters. The van der Waals surface area contributed by atoms with Crippen LogP contribution in [0.25, 0.3) is 0 Å². The molecule has 1 aromatic rings. The van der Waals surface area contributed by atoms with Crippen molar-refractivity contribution in [3.8, 4) is 5.75 Å². The van der Waals surface area contributed by atoms with Crippen molar-refractivity contribution in [1.82, 2.24) is 5.32 Å². The van der Waals surface area contributed by atoms with Crippen LogP contribution in [0.4, 0.5) is 0 Å². The monoisotopic (exact) mass is 251 g/mol. The van der Waals surface area contributed by atoms with Crippen LogP contribution in [-0.4, -0.2) is 31.2 Å². The highest BCUT2D eigenvalue weighted by molar-refractivity contribution is 7.98. The second-order valence-electron chi connectivity index (χ2n) is 4.64. The van der Waals surface area contributed by atoms with Crippen molar-refractivity contribution in [1.29, 1.82) is 0 Å². The third kappa shape index (κ3) is 3.39. The van der Waals surface area contributed by atoms with E-state index in [0.717, 1.165) is 25.3 Å². The Morgan fingerprint density at radius 1 is 1.47 bits per heavy atom. The predicted molar refractivity (Wildman–Crippen MR) is 75.1 cm³/mol. The van der Waals surface area contributed by atoms with E-state index in [-0.39, 0.29) is 0 Å².